The minimum absolute atomic E-state index is 0.118. The van der Waals surface area contributed by atoms with E-state index in [0.717, 1.165) is 15.5 Å². The Kier molecular flexibility index (Phi) is 25.9. The lowest BCUT2D eigenvalue weighted by Gasteiger charge is -2.08. The standard InChI is InChI=1S/C7H13Br3.C7H13N9/c8-5-1-3-7(10)4-2-6-9;8-14-11-5-1-3-7(13-16-10)4-2-6-12-15-9/h7H,1-6H2;7H,1-6H2. The van der Waals surface area contributed by atoms with E-state index < -0.39 is 0 Å². The van der Waals surface area contributed by atoms with Crippen molar-refractivity contribution in [2.75, 3.05) is 23.7 Å². The minimum atomic E-state index is -0.118. The second kappa shape index (κ2) is 24.4. The number of halogens is 3. The Morgan fingerprint density at radius 3 is 1.50 bits per heavy atom. The smallest absolute Gasteiger partial charge is 0.0374 e. The molecular weight excluding hydrogens is 534 g/mol. The quantitative estimate of drug-likeness (QED) is 0.0629. The van der Waals surface area contributed by atoms with Crippen LogP contribution in [-0.4, -0.2) is 34.6 Å². The predicted molar refractivity (Wildman–Crippen MR) is 118 cm³/mol. The summed E-state index contributed by atoms with van der Waals surface area (Å²) in [6.45, 7) is 0.814. The van der Waals surface area contributed by atoms with Gasteiger partial charge in [-0.2, -0.15) is 0 Å². The molecule has 0 saturated heterocycles. The summed E-state index contributed by atoms with van der Waals surface area (Å²) in [6, 6.07) is -0.118. The first-order chi connectivity index (χ1) is 12.7. The van der Waals surface area contributed by atoms with Crippen molar-refractivity contribution in [1.82, 2.24) is 0 Å². The van der Waals surface area contributed by atoms with Gasteiger partial charge in [-0.25, -0.2) is 0 Å². The summed E-state index contributed by atoms with van der Waals surface area (Å²) < 4.78 is 0. The van der Waals surface area contributed by atoms with E-state index in [1.54, 1.807) is 0 Å². The zero-order valence-corrected chi connectivity index (χ0v) is 19.6. The fourth-order valence-electron chi connectivity index (χ4n) is 1.96. The minimum Gasteiger partial charge on any atom is -0.0940 e. The first-order valence-corrected chi connectivity index (χ1v) is 11.6. The normalized spacial score (nSPS) is 10.6. The van der Waals surface area contributed by atoms with Gasteiger partial charge in [0.1, 0.15) is 0 Å². The first-order valence-electron chi connectivity index (χ1n) is 8.48. The third kappa shape index (κ3) is 23.4. The highest BCUT2D eigenvalue weighted by atomic mass is 79.9. The molecule has 148 valence electrons. The molecule has 0 amide bonds. The molecule has 0 atom stereocenters. The molecular formula is C14H26Br3N9. The molecule has 0 unspecified atom stereocenters. The van der Waals surface area contributed by atoms with Crippen molar-refractivity contribution in [3.8, 4) is 0 Å². The lowest BCUT2D eigenvalue weighted by atomic mass is 10.1. The van der Waals surface area contributed by atoms with Gasteiger partial charge in [0.15, 0.2) is 0 Å². The summed E-state index contributed by atoms with van der Waals surface area (Å²) in [5.41, 5.74) is 24.5. The van der Waals surface area contributed by atoms with Crippen LogP contribution >= 0.6 is 47.8 Å². The molecule has 0 aromatic heterocycles. The molecule has 0 aliphatic rings. The van der Waals surface area contributed by atoms with Crippen LogP contribution in [0.2, 0.25) is 0 Å². The highest BCUT2D eigenvalue weighted by Gasteiger charge is 2.05. The van der Waals surface area contributed by atoms with Gasteiger partial charge in [0.2, 0.25) is 0 Å². The van der Waals surface area contributed by atoms with E-state index in [2.05, 4.69) is 77.9 Å². The van der Waals surface area contributed by atoms with Gasteiger partial charge < -0.3 is 0 Å². The van der Waals surface area contributed by atoms with E-state index in [1.807, 2.05) is 0 Å². The highest BCUT2D eigenvalue weighted by Crippen LogP contribution is 2.15. The van der Waals surface area contributed by atoms with Crippen molar-refractivity contribution in [2.24, 2.45) is 15.3 Å². The Morgan fingerprint density at radius 1 is 0.692 bits per heavy atom. The molecule has 0 aromatic carbocycles. The highest BCUT2D eigenvalue weighted by molar-refractivity contribution is 9.09. The van der Waals surface area contributed by atoms with Crippen LogP contribution in [0, 0.1) is 0 Å². The number of alkyl halides is 3. The van der Waals surface area contributed by atoms with Crippen LogP contribution in [0.15, 0.2) is 15.3 Å². The lowest BCUT2D eigenvalue weighted by molar-refractivity contribution is 0.532. The average Bonchev–Trinajstić information content (AvgIpc) is 2.65. The zero-order chi connectivity index (χ0) is 19.9. The number of azide groups is 3. The van der Waals surface area contributed by atoms with Crippen molar-refractivity contribution in [1.29, 1.82) is 0 Å². The van der Waals surface area contributed by atoms with Crippen LogP contribution in [0.4, 0.5) is 0 Å². The van der Waals surface area contributed by atoms with E-state index in [-0.39, 0.29) is 6.04 Å². The SMILES string of the molecule is BrCCCC(Br)CCCBr.[N-]=[N+]=NCCCC(CCCN=[N+]=[N-])N=[N+]=[N-]. The van der Waals surface area contributed by atoms with Crippen molar-refractivity contribution < 1.29 is 0 Å². The Balaban J connectivity index is 0. The summed E-state index contributed by atoms with van der Waals surface area (Å²) in [5, 5.41) is 12.7. The number of nitrogens with zero attached hydrogens (tertiary/aromatic N) is 9. The second-order valence-electron chi connectivity index (χ2n) is 5.31. The largest absolute Gasteiger partial charge is 0.0940 e. The Bertz CT molecular complexity index is 427. The molecule has 0 aliphatic carbocycles. The molecule has 0 bridgehead atoms. The predicted octanol–water partition coefficient (Wildman–Crippen LogP) is 7.95. The van der Waals surface area contributed by atoms with E-state index in [4.69, 9.17) is 16.6 Å². The topological polar surface area (TPSA) is 146 Å². The molecule has 26 heavy (non-hydrogen) atoms. The third-order valence-corrected chi connectivity index (χ3v) is 5.27. The second-order valence-corrected chi connectivity index (χ2v) is 8.19. The van der Waals surface area contributed by atoms with E-state index in [1.165, 1.54) is 25.7 Å². The molecule has 9 nitrogen and oxygen atoms in total. The van der Waals surface area contributed by atoms with Gasteiger partial charge in [-0.05, 0) is 68.0 Å². The molecule has 0 rings (SSSR count). The van der Waals surface area contributed by atoms with Crippen molar-refractivity contribution in [3.05, 3.63) is 31.3 Å². The van der Waals surface area contributed by atoms with E-state index in [9.17, 15) is 0 Å². The summed E-state index contributed by atoms with van der Waals surface area (Å²) in [7, 11) is 0. The Hall–Kier alpha value is -0.630. The third-order valence-electron chi connectivity index (χ3n) is 3.23. The average molecular weight is 560 g/mol. The van der Waals surface area contributed by atoms with Crippen LogP contribution in [0.5, 0.6) is 0 Å². The maximum atomic E-state index is 8.34. The van der Waals surface area contributed by atoms with Gasteiger partial charge in [-0.1, -0.05) is 63.1 Å². The molecule has 0 spiro atoms. The fraction of sp³-hybridized carbons (Fsp3) is 1.00. The van der Waals surface area contributed by atoms with Gasteiger partial charge >= 0.3 is 0 Å². The van der Waals surface area contributed by atoms with Gasteiger partial charge in [-0.15, -0.1) is 0 Å². The summed E-state index contributed by atoms with van der Waals surface area (Å²) in [6.07, 6.45) is 7.87. The van der Waals surface area contributed by atoms with E-state index >= 15 is 0 Å². The molecule has 0 heterocycles. The fourth-order valence-corrected chi connectivity index (χ4v) is 3.25. The Morgan fingerprint density at radius 2 is 1.15 bits per heavy atom. The molecule has 0 N–H and O–H groups in total. The van der Waals surface area contributed by atoms with Gasteiger partial charge in [0.05, 0.1) is 0 Å². The van der Waals surface area contributed by atoms with Crippen LogP contribution in [-0.2, 0) is 0 Å². The van der Waals surface area contributed by atoms with Crippen molar-refractivity contribution >= 4 is 47.8 Å². The summed E-state index contributed by atoms with van der Waals surface area (Å²) in [4.78, 5) is 8.74. The summed E-state index contributed by atoms with van der Waals surface area (Å²) in [5.74, 6) is 0. The van der Waals surface area contributed by atoms with Crippen molar-refractivity contribution in [2.45, 2.75) is 62.2 Å². The maximum Gasteiger partial charge on any atom is 0.0374 e. The van der Waals surface area contributed by atoms with Gasteiger partial charge in [-0.3, -0.25) is 0 Å². The first kappa shape index (κ1) is 27.6. The zero-order valence-electron chi connectivity index (χ0n) is 14.8. The van der Waals surface area contributed by atoms with Crippen molar-refractivity contribution in [3.63, 3.8) is 0 Å². The number of hydrogen-bond donors (Lipinski definition) is 0. The number of hydrogen-bond acceptors (Lipinski definition) is 3. The molecule has 0 radical (unpaired) electrons. The molecule has 12 heteroatoms. The van der Waals surface area contributed by atoms with Gasteiger partial charge in [0.25, 0.3) is 0 Å². The Labute approximate surface area is 179 Å². The van der Waals surface area contributed by atoms with E-state index in [0.29, 0.717) is 38.8 Å². The monoisotopic (exact) mass is 557 g/mol. The van der Waals surface area contributed by atoms with Crippen LogP contribution in [0.25, 0.3) is 31.3 Å². The lowest BCUT2D eigenvalue weighted by Crippen LogP contribution is -2.04. The molecule has 0 saturated carbocycles. The number of rotatable bonds is 15. The molecule has 0 aliphatic heterocycles. The molecule has 0 aromatic rings. The van der Waals surface area contributed by atoms with Crippen LogP contribution < -0.4 is 0 Å². The van der Waals surface area contributed by atoms with Crippen LogP contribution in [0.1, 0.15) is 51.4 Å². The summed E-state index contributed by atoms with van der Waals surface area (Å²) >= 11 is 10.5. The molecule has 0 fully saturated rings. The van der Waals surface area contributed by atoms with Crippen LogP contribution in [0.3, 0.4) is 0 Å². The maximum absolute atomic E-state index is 8.34. The van der Waals surface area contributed by atoms with Gasteiger partial charge in [0, 0.05) is 49.4 Å².